The van der Waals surface area contributed by atoms with Gasteiger partial charge in [0.05, 0.1) is 20.0 Å². The Bertz CT molecular complexity index is 525. The monoisotopic (exact) mass is 269 g/mol. The van der Waals surface area contributed by atoms with Gasteiger partial charge in [-0.2, -0.15) is 0 Å². The molecule has 2 aromatic rings. The van der Waals surface area contributed by atoms with Gasteiger partial charge in [-0.05, 0) is 12.1 Å². The molecule has 0 aliphatic rings. The molecule has 20 heavy (non-hydrogen) atoms. The molecule has 1 unspecified atom stereocenters. The minimum Gasteiger partial charge on any atom is -0.333 e. The van der Waals surface area contributed by atoms with E-state index in [9.17, 15) is 4.79 Å². The molecule has 2 aromatic carbocycles. The van der Waals surface area contributed by atoms with E-state index < -0.39 is 0 Å². The summed E-state index contributed by atoms with van der Waals surface area (Å²) in [6.45, 7) is 1.77. The van der Waals surface area contributed by atoms with Crippen LogP contribution in [0.1, 0.15) is 12.0 Å². The van der Waals surface area contributed by atoms with Crippen LogP contribution in [0.5, 0.6) is 0 Å². The molecule has 104 valence electrons. The highest BCUT2D eigenvalue weighted by Crippen LogP contribution is 2.04. The average molecular weight is 269 g/mol. The Morgan fingerprint density at radius 2 is 1.60 bits per heavy atom. The molecule has 0 aliphatic carbocycles. The van der Waals surface area contributed by atoms with Gasteiger partial charge in [-0.1, -0.05) is 48.5 Å². The topological polar surface area (TPSA) is 33.5 Å². The summed E-state index contributed by atoms with van der Waals surface area (Å²) >= 11 is 0. The molecule has 2 N–H and O–H groups in total. The third kappa shape index (κ3) is 4.86. The summed E-state index contributed by atoms with van der Waals surface area (Å²) in [6.07, 6.45) is 0.535. The fourth-order valence-corrected chi connectivity index (χ4v) is 2.10. The quantitative estimate of drug-likeness (QED) is 0.823. The van der Waals surface area contributed by atoms with Crippen LogP contribution in [0.15, 0.2) is 60.7 Å². The van der Waals surface area contributed by atoms with E-state index in [1.807, 2.05) is 48.5 Å². The van der Waals surface area contributed by atoms with Gasteiger partial charge in [0.25, 0.3) is 0 Å². The minimum atomic E-state index is 0.0728. The highest BCUT2D eigenvalue weighted by molar-refractivity contribution is 5.90. The Morgan fingerprint density at radius 3 is 2.25 bits per heavy atom. The zero-order chi connectivity index (χ0) is 14.2. The van der Waals surface area contributed by atoms with Crippen molar-refractivity contribution in [3.05, 3.63) is 66.2 Å². The Labute approximate surface area is 120 Å². The van der Waals surface area contributed by atoms with E-state index in [1.165, 1.54) is 10.5 Å². The van der Waals surface area contributed by atoms with Crippen molar-refractivity contribution in [2.24, 2.45) is 0 Å². The SMILES string of the molecule is C[NH+](CCC(=O)Nc1ccccc1)Cc1ccccc1. The standard InChI is InChI=1S/C17H20N2O/c1-19(14-15-8-4-2-5-9-15)13-12-17(20)18-16-10-6-3-7-11-16/h2-11H,12-14H2,1H3,(H,18,20)/p+1. The first-order chi connectivity index (χ1) is 9.74. The van der Waals surface area contributed by atoms with Crippen molar-refractivity contribution >= 4 is 11.6 Å². The fraction of sp³-hybridized carbons (Fsp3) is 0.235. The van der Waals surface area contributed by atoms with Crippen molar-refractivity contribution in [3.8, 4) is 0 Å². The molecule has 0 saturated carbocycles. The maximum atomic E-state index is 11.8. The van der Waals surface area contributed by atoms with Crippen LogP contribution in [0.4, 0.5) is 5.69 Å². The van der Waals surface area contributed by atoms with Crippen LogP contribution in [0, 0.1) is 0 Å². The van der Waals surface area contributed by atoms with Crippen molar-refractivity contribution < 1.29 is 9.69 Å². The van der Waals surface area contributed by atoms with Crippen molar-refractivity contribution in [1.82, 2.24) is 0 Å². The predicted octanol–water partition coefficient (Wildman–Crippen LogP) is 1.73. The number of amides is 1. The molecule has 3 heteroatoms. The number of anilines is 1. The summed E-state index contributed by atoms with van der Waals surface area (Å²) in [4.78, 5) is 13.2. The Hall–Kier alpha value is -2.13. The lowest BCUT2D eigenvalue weighted by molar-refractivity contribution is -0.893. The van der Waals surface area contributed by atoms with E-state index in [4.69, 9.17) is 0 Å². The molecule has 0 aromatic heterocycles. The van der Waals surface area contributed by atoms with Crippen molar-refractivity contribution in [2.75, 3.05) is 18.9 Å². The number of nitrogens with one attached hydrogen (secondary N) is 2. The normalized spacial score (nSPS) is 11.8. The largest absolute Gasteiger partial charge is 0.333 e. The number of carbonyl (C=O) groups is 1. The lowest BCUT2D eigenvalue weighted by Gasteiger charge is -2.14. The number of hydrogen-bond donors (Lipinski definition) is 2. The Balaban J connectivity index is 1.73. The molecule has 0 radical (unpaired) electrons. The van der Waals surface area contributed by atoms with Crippen molar-refractivity contribution in [2.45, 2.75) is 13.0 Å². The van der Waals surface area contributed by atoms with Crippen molar-refractivity contribution in [3.63, 3.8) is 0 Å². The first-order valence-electron chi connectivity index (χ1n) is 6.94. The predicted molar refractivity (Wildman–Crippen MR) is 81.6 cm³/mol. The molecule has 3 nitrogen and oxygen atoms in total. The second kappa shape index (κ2) is 7.46. The van der Waals surface area contributed by atoms with E-state index in [-0.39, 0.29) is 5.91 Å². The third-order valence-corrected chi connectivity index (χ3v) is 3.19. The first-order valence-corrected chi connectivity index (χ1v) is 6.94. The lowest BCUT2D eigenvalue weighted by Crippen LogP contribution is -3.07. The van der Waals surface area contributed by atoms with Crippen LogP contribution in [0.2, 0.25) is 0 Å². The molecular formula is C17H21N2O+. The van der Waals surface area contributed by atoms with Crippen LogP contribution in [0.3, 0.4) is 0 Å². The van der Waals surface area contributed by atoms with Gasteiger partial charge in [0, 0.05) is 11.3 Å². The molecule has 0 saturated heterocycles. The third-order valence-electron chi connectivity index (χ3n) is 3.19. The molecule has 1 amide bonds. The zero-order valence-electron chi connectivity index (χ0n) is 11.8. The lowest BCUT2D eigenvalue weighted by atomic mass is 10.2. The zero-order valence-corrected chi connectivity index (χ0v) is 11.8. The molecule has 0 heterocycles. The number of hydrogen-bond acceptors (Lipinski definition) is 1. The molecule has 0 bridgehead atoms. The molecule has 1 atom stereocenters. The van der Waals surface area contributed by atoms with Crippen LogP contribution in [0.25, 0.3) is 0 Å². The fourth-order valence-electron chi connectivity index (χ4n) is 2.10. The summed E-state index contributed by atoms with van der Waals surface area (Å²) in [5, 5.41) is 2.91. The highest BCUT2D eigenvalue weighted by Gasteiger charge is 2.08. The van der Waals surface area contributed by atoms with Gasteiger partial charge in [-0.3, -0.25) is 4.79 Å². The van der Waals surface area contributed by atoms with Crippen molar-refractivity contribution in [1.29, 1.82) is 0 Å². The minimum absolute atomic E-state index is 0.0728. The maximum Gasteiger partial charge on any atom is 0.230 e. The van der Waals surface area contributed by atoms with Gasteiger partial charge in [0.2, 0.25) is 5.91 Å². The van der Waals surface area contributed by atoms with Gasteiger partial charge in [0.1, 0.15) is 6.54 Å². The summed E-state index contributed by atoms with van der Waals surface area (Å²) in [7, 11) is 2.11. The van der Waals surface area contributed by atoms with E-state index in [0.29, 0.717) is 6.42 Å². The Kier molecular flexibility index (Phi) is 5.33. The maximum absolute atomic E-state index is 11.8. The number of benzene rings is 2. The molecular weight excluding hydrogens is 248 g/mol. The van der Waals surface area contributed by atoms with Gasteiger partial charge in [-0.25, -0.2) is 0 Å². The molecule has 2 rings (SSSR count). The van der Waals surface area contributed by atoms with Gasteiger partial charge < -0.3 is 10.2 Å². The summed E-state index contributed by atoms with van der Waals surface area (Å²) in [5.74, 6) is 0.0728. The number of para-hydroxylation sites is 1. The van der Waals surface area contributed by atoms with E-state index in [2.05, 4.69) is 24.5 Å². The molecule has 0 aliphatic heterocycles. The second-order valence-corrected chi connectivity index (χ2v) is 5.03. The summed E-state index contributed by atoms with van der Waals surface area (Å²) in [6, 6.07) is 19.9. The van der Waals surface area contributed by atoms with E-state index >= 15 is 0 Å². The van der Waals surface area contributed by atoms with E-state index in [1.54, 1.807) is 0 Å². The van der Waals surface area contributed by atoms with Crippen LogP contribution < -0.4 is 10.2 Å². The summed E-state index contributed by atoms with van der Waals surface area (Å²) in [5.41, 5.74) is 2.16. The Morgan fingerprint density at radius 1 is 1.00 bits per heavy atom. The van der Waals surface area contributed by atoms with Crippen LogP contribution in [-0.2, 0) is 11.3 Å². The van der Waals surface area contributed by atoms with Crippen LogP contribution >= 0.6 is 0 Å². The molecule has 0 spiro atoms. The van der Waals surface area contributed by atoms with Gasteiger partial charge >= 0.3 is 0 Å². The highest BCUT2D eigenvalue weighted by atomic mass is 16.1. The molecule has 0 fully saturated rings. The second-order valence-electron chi connectivity index (χ2n) is 5.03. The first kappa shape index (κ1) is 14.3. The number of carbonyl (C=O) groups excluding carboxylic acids is 1. The average Bonchev–Trinajstić information content (AvgIpc) is 2.47. The van der Waals surface area contributed by atoms with Gasteiger partial charge in [-0.15, -0.1) is 0 Å². The van der Waals surface area contributed by atoms with Gasteiger partial charge in [0.15, 0.2) is 0 Å². The number of quaternary nitrogens is 1. The van der Waals surface area contributed by atoms with E-state index in [0.717, 1.165) is 18.8 Å². The number of rotatable bonds is 6. The smallest absolute Gasteiger partial charge is 0.230 e. The summed E-state index contributed by atoms with van der Waals surface area (Å²) < 4.78 is 0. The van der Waals surface area contributed by atoms with Crippen LogP contribution in [-0.4, -0.2) is 19.5 Å².